The van der Waals surface area contributed by atoms with E-state index >= 15 is 0 Å². The van der Waals surface area contributed by atoms with Crippen molar-refractivity contribution >= 4 is 32.3 Å². The van der Waals surface area contributed by atoms with Crippen LogP contribution in [0.15, 0.2) is 23.3 Å². The fraction of sp³-hybridized carbons (Fsp3) is 0.887. The van der Waals surface area contributed by atoms with E-state index in [1.165, 1.54) is 128 Å². The second-order valence-electron chi connectivity index (χ2n) is 32.8. The molecule has 6 saturated carbocycles. The SMILES string of the molecule is C.[2H]CC(CO)NC(=O)CCC(=O)O[C@H]1CC[C@@]2(C)C(=CCC3C2CC[C@@]2(C)C3CC[C@@H]2[C@H](C)CCCC(C)C)C1.[2H]CC(COP(OCCC#N)N(C(C)C)C(C)C)NC(=O)CCC(=O)O[C@H]1CC[C@@]2(C)C(=CCC3C2CC[C@@]2(C)C3CC[C@@H]2[C@H](C)CCCC(C)C)C1.[3H]OC.[3H]OC. The van der Waals surface area contributed by atoms with Crippen molar-refractivity contribution in [1.82, 2.24) is 15.3 Å². The Kier molecular flexibility index (Phi) is 32.8. The molecule has 0 aliphatic heterocycles. The predicted molar refractivity (Wildman–Crippen MR) is 391 cm³/mol. The van der Waals surface area contributed by atoms with Crippen molar-refractivity contribution < 1.29 is 55.8 Å². The van der Waals surface area contributed by atoms with Gasteiger partial charge in [-0.1, -0.05) is 138 Å². The van der Waals surface area contributed by atoms with Gasteiger partial charge in [0.15, 0.2) is 0 Å². The minimum absolute atomic E-state index is 0. The molecule has 0 radical (unpaired) electrons. The smallest absolute Gasteiger partial charge is 0.306 e. The third-order valence-electron chi connectivity index (χ3n) is 25.2. The van der Waals surface area contributed by atoms with E-state index in [1.807, 2.05) is 0 Å². The van der Waals surface area contributed by atoms with Gasteiger partial charge >= 0.3 is 11.9 Å². The molecular weight excluding hydrogens is 1220 g/mol. The van der Waals surface area contributed by atoms with Crippen molar-refractivity contribution in [3.05, 3.63) is 23.3 Å². The highest BCUT2D eigenvalue weighted by molar-refractivity contribution is 7.44. The number of hydrogen-bond acceptors (Lipinski definition) is 13. The molecular formula is C80H143N4O11P. The number of carbonyl (C=O) groups is 4. The Hall–Kier alpha value is -2.96. The summed E-state index contributed by atoms with van der Waals surface area (Å²) in [5.74, 6) is 8.47. The van der Waals surface area contributed by atoms with Gasteiger partial charge in [-0.3, -0.25) is 19.2 Å². The molecule has 16 heteroatoms. The first kappa shape index (κ1) is 78.8. The summed E-state index contributed by atoms with van der Waals surface area (Å²) in [6.45, 7) is 33.0. The summed E-state index contributed by atoms with van der Waals surface area (Å²) in [5, 5.41) is 30.6. The molecule has 0 aromatic carbocycles. The van der Waals surface area contributed by atoms with Crippen LogP contribution in [0.2, 0.25) is 0 Å². The van der Waals surface area contributed by atoms with E-state index in [-0.39, 0.29) is 132 Å². The number of esters is 2. The van der Waals surface area contributed by atoms with E-state index in [1.54, 1.807) is 0 Å². The van der Waals surface area contributed by atoms with Gasteiger partial charge < -0.3 is 44.5 Å². The number of carbonyl (C=O) groups excluding carboxylic acids is 4. The van der Waals surface area contributed by atoms with Gasteiger partial charge in [-0.2, -0.15) is 5.26 Å². The average Bonchev–Trinajstić information content (AvgIpc) is 1.39. The number of nitriles is 1. The van der Waals surface area contributed by atoms with Crippen molar-refractivity contribution in [3.8, 4) is 6.07 Å². The number of allylic oxidation sites excluding steroid dienone is 2. The maximum Gasteiger partial charge on any atom is 0.306 e. The third kappa shape index (κ3) is 22.0. The van der Waals surface area contributed by atoms with Gasteiger partial charge in [0.25, 0.3) is 8.53 Å². The van der Waals surface area contributed by atoms with Crippen LogP contribution in [0.4, 0.5) is 0 Å². The second-order valence-corrected chi connectivity index (χ2v) is 34.3. The van der Waals surface area contributed by atoms with Crippen molar-refractivity contribution in [1.29, 1.82) is 8.12 Å². The van der Waals surface area contributed by atoms with Crippen LogP contribution >= 0.6 is 8.53 Å². The number of nitrogens with zero attached hydrogens (tertiary/aromatic N) is 2. The molecule has 8 aliphatic carbocycles. The van der Waals surface area contributed by atoms with Crippen LogP contribution in [0, 0.1) is 104 Å². The number of amides is 2. The van der Waals surface area contributed by atoms with Crippen LogP contribution in [0.3, 0.4) is 0 Å². The van der Waals surface area contributed by atoms with E-state index in [9.17, 15) is 19.2 Å². The molecule has 19 atom stereocenters. The number of nitrogens with one attached hydrogen (secondary N) is 2. The highest BCUT2D eigenvalue weighted by Crippen LogP contribution is 2.69. The molecule has 0 aromatic heterocycles. The first-order valence-electron chi connectivity index (χ1n) is 40.0. The molecule has 8 aliphatic rings. The summed E-state index contributed by atoms with van der Waals surface area (Å²) in [7, 11) is 1.12. The minimum Gasteiger partial charge on any atom is -0.462 e. The highest BCUT2D eigenvalue weighted by atomic mass is 31.2. The van der Waals surface area contributed by atoms with Crippen LogP contribution < -0.4 is 10.6 Å². The highest BCUT2D eigenvalue weighted by Gasteiger charge is 2.61. The zero-order chi connectivity index (χ0) is 73.4. The monoisotopic (exact) mass is 1370 g/mol. The molecule has 6 fully saturated rings. The Morgan fingerprint density at radius 1 is 0.635 bits per heavy atom. The number of aliphatic hydroxyl groups excluding tert-OH is 3. The van der Waals surface area contributed by atoms with Crippen molar-refractivity contribution in [3.63, 3.8) is 0 Å². The van der Waals surface area contributed by atoms with E-state index in [0.29, 0.717) is 10.8 Å². The Morgan fingerprint density at radius 2 is 1.06 bits per heavy atom. The Bertz CT molecular complexity index is 2560. The van der Waals surface area contributed by atoms with Crippen molar-refractivity contribution in [2.75, 3.05) is 34.0 Å². The molecule has 0 aromatic rings. The van der Waals surface area contributed by atoms with Crippen molar-refractivity contribution in [2.24, 2.45) is 92.7 Å². The largest absolute Gasteiger partial charge is 0.462 e. The lowest BCUT2D eigenvalue weighted by molar-refractivity contribution is -0.153. The first-order chi connectivity index (χ1) is 47.0. The normalized spacial score (nSPS) is 33.0. The fourth-order valence-corrected chi connectivity index (χ4v) is 22.2. The summed E-state index contributed by atoms with van der Waals surface area (Å²) in [5.41, 5.74) is 4.41. The summed E-state index contributed by atoms with van der Waals surface area (Å²) in [6.07, 6.45) is 32.4. The molecule has 2 amide bonds. The molecule has 8 rings (SSSR count). The maximum absolute atomic E-state index is 13.0. The fourth-order valence-electron chi connectivity index (χ4n) is 20.6. The van der Waals surface area contributed by atoms with Crippen molar-refractivity contribution in [2.45, 2.75) is 328 Å². The van der Waals surface area contributed by atoms with E-state index < -0.39 is 20.6 Å². The molecule has 5 N–H and O–H groups in total. The van der Waals surface area contributed by atoms with Gasteiger partial charge in [-0.05, 0) is 224 Å². The van der Waals surface area contributed by atoms with E-state index in [0.717, 1.165) is 110 Å². The standard InChI is InChI=1S/C43H74N3O5P.C34H57NO4.2CH4O.CH4/c1-29(2)13-11-14-32(7)37-17-18-38-36-16-15-34-27-35(21-23-42(34,9)39(36)22-24-43(37,38)10)51-41(48)20-19-40(47)45-33(8)28-50-52(49-26-12-25-44)46(30(3)4)31(5)6;1-22(2)8-7-9-23(3)28-12-13-29-27-11-10-25-20-26(39-32(38)15-14-31(37)35-24(4)21-36)16-18-33(25,5)30(27)17-19-34(28,29)6;2*1-2;/h15,29-33,35-39H,11-14,16-24,26-28H2,1-10H3,(H,45,47);10,22-24,26-30,36H,7-9,11-21H2,1-6H3,(H,35,37);2*2H,1H3;1H4/t32-,33?,35+,36?,37-,38?,39?,42+,43-,52?;23-,24?,26+,27?,28-,29?,30?,33+,34-;;;/m11.../s1/i8D;4D;2*2T;. The first-order valence-corrected chi connectivity index (χ1v) is 38.9. The van der Waals surface area contributed by atoms with Crippen LogP contribution in [0.1, 0.15) is 294 Å². The number of rotatable bonds is 30. The average molecular weight is 1370 g/mol. The van der Waals surface area contributed by atoms with Gasteiger partial charge in [0.05, 0.1) is 45.2 Å². The molecule has 15 nitrogen and oxygen atoms in total. The second kappa shape index (κ2) is 40.0. The summed E-state index contributed by atoms with van der Waals surface area (Å²) in [6, 6.07) is 1.30. The lowest BCUT2D eigenvalue weighted by atomic mass is 9.47. The Balaban J connectivity index is 0.000000402. The molecule has 554 valence electrons. The van der Waals surface area contributed by atoms with Gasteiger partial charge in [0, 0.05) is 66.8 Å². The van der Waals surface area contributed by atoms with Gasteiger partial charge in [-0.15, -0.1) is 0 Å². The van der Waals surface area contributed by atoms with E-state index in [4.69, 9.17) is 34.5 Å². The quantitative estimate of drug-likeness (QED) is 0.0196. The Labute approximate surface area is 592 Å². The maximum atomic E-state index is 13.0. The van der Waals surface area contributed by atoms with Gasteiger partial charge in [-0.25, -0.2) is 4.67 Å². The van der Waals surface area contributed by atoms with Gasteiger partial charge in [0.2, 0.25) is 14.7 Å². The molecule has 0 heterocycles. The minimum atomic E-state index is -1.46. The lowest BCUT2D eigenvalue weighted by Crippen LogP contribution is -2.51. The summed E-state index contributed by atoms with van der Waals surface area (Å²) < 4.78 is 52.8. The summed E-state index contributed by atoms with van der Waals surface area (Å²) in [4.78, 5) is 50.5. The van der Waals surface area contributed by atoms with Gasteiger partial charge in [0.1, 0.15) is 12.2 Å². The predicted octanol–water partition coefficient (Wildman–Crippen LogP) is 17.6. The Morgan fingerprint density at radius 3 is 1.45 bits per heavy atom. The van der Waals surface area contributed by atoms with Crippen LogP contribution in [-0.2, 0) is 37.7 Å². The number of fused-ring (bicyclic) bond motifs is 10. The van der Waals surface area contributed by atoms with Crippen LogP contribution in [-0.4, -0.2) is 117 Å². The third-order valence-corrected chi connectivity index (χ3v) is 27.3. The molecule has 96 heavy (non-hydrogen) atoms. The van der Waals surface area contributed by atoms with Crippen LogP contribution in [0.5, 0.6) is 0 Å². The lowest BCUT2D eigenvalue weighted by Gasteiger charge is -2.58. The van der Waals surface area contributed by atoms with Crippen LogP contribution in [0.25, 0.3) is 0 Å². The number of hydrogen-bond donors (Lipinski definition) is 5. The molecule has 0 bridgehead atoms. The molecule has 9 unspecified atom stereocenters. The molecule has 0 saturated heterocycles. The number of ether oxygens (including phenoxy) is 2. The topological polar surface area (TPSA) is 217 Å². The molecule has 0 spiro atoms. The zero-order valence-corrected chi connectivity index (χ0v) is 63.4. The van der Waals surface area contributed by atoms with E-state index in [2.05, 4.69) is 141 Å². The number of aliphatic hydroxyl groups is 3. The zero-order valence-electron chi connectivity index (χ0n) is 66.5. The summed E-state index contributed by atoms with van der Waals surface area (Å²) >= 11 is 0.